The molecule has 0 spiro atoms. The first-order valence-corrected chi connectivity index (χ1v) is 4.20. The first-order chi connectivity index (χ1) is 5.34. The van der Waals surface area contributed by atoms with Crippen molar-refractivity contribution in [2.45, 2.75) is 26.2 Å². The third kappa shape index (κ3) is 2.34. The van der Waals surface area contributed by atoms with Gasteiger partial charge in [0.1, 0.15) is 0 Å². The van der Waals surface area contributed by atoms with Crippen molar-refractivity contribution in [1.29, 1.82) is 0 Å². The van der Waals surface area contributed by atoms with Crippen molar-refractivity contribution in [3.63, 3.8) is 0 Å². The van der Waals surface area contributed by atoms with Crippen molar-refractivity contribution < 1.29 is 4.79 Å². The maximum absolute atomic E-state index is 11.0. The molecule has 1 aliphatic rings. The highest BCUT2D eigenvalue weighted by molar-refractivity contribution is 5.94. The van der Waals surface area contributed by atoms with Crippen LogP contribution >= 0.6 is 0 Å². The predicted molar refractivity (Wildman–Crippen MR) is 46.3 cm³/mol. The molecule has 1 nitrogen and oxygen atoms in total. The molecule has 0 aromatic carbocycles. The number of hydrogen-bond donors (Lipinski definition) is 0. The normalized spacial score (nSPS) is 23.7. The Kier molecular flexibility index (Phi) is 3.09. The third-order valence-electron chi connectivity index (χ3n) is 1.93. The Morgan fingerprint density at radius 3 is 3.00 bits per heavy atom. The van der Waals surface area contributed by atoms with Crippen molar-refractivity contribution in [3.8, 4) is 0 Å². The van der Waals surface area contributed by atoms with Crippen LogP contribution in [0.1, 0.15) is 26.2 Å². The van der Waals surface area contributed by atoms with Gasteiger partial charge in [0.05, 0.1) is 0 Å². The standard InChI is InChI=1S/C10H14O/c1-2-3-4-6-9-7-5-8-10(9)11/h3-5,8-9H,2,6-7H2,1H3. The van der Waals surface area contributed by atoms with Gasteiger partial charge in [-0.25, -0.2) is 0 Å². The molecule has 0 bridgehead atoms. The zero-order valence-corrected chi connectivity index (χ0v) is 6.92. The van der Waals surface area contributed by atoms with Crippen molar-refractivity contribution >= 4 is 5.78 Å². The molecule has 1 atom stereocenters. The zero-order valence-electron chi connectivity index (χ0n) is 6.92. The molecular weight excluding hydrogens is 136 g/mol. The molecule has 1 rings (SSSR count). The zero-order chi connectivity index (χ0) is 8.10. The van der Waals surface area contributed by atoms with Gasteiger partial charge in [-0.05, 0) is 25.3 Å². The van der Waals surface area contributed by atoms with E-state index in [1.54, 1.807) is 6.08 Å². The monoisotopic (exact) mass is 150 g/mol. The Bertz CT molecular complexity index is 189. The van der Waals surface area contributed by atoms with E-state index in [-0.39, 0.29) is 5.92 Å². The van der Waals surface area contributed by atoms with Crippen LogP contribution in [0.15, 0.2) is 24.3 Å². The Morgan fingerprint density at radius 2 is 2.45 bits per heavy atom. The van der Waals surface area contributed by atoms with Crippen LogP contribution in [0.5, 0.6) is 0 Å². The van der Waals surface area contributed by atoms with Gasteiger partial charge in [-0.1, -0.05) is 25.2 Å². The first kappa shape index (κ1) is 8.25. The van der Waals surface area contributed by atoms with E-state index in [0.717, 1.165) is 19.3 Å². The topological polar surface area (TPSA) is 17.1 Å². The van der Waals surface area contributed by atoms with Gasteiger partial charge in [0.25, 0.3) is 0 Å². The second-order valence-electron chi connectivity index (χ2n) is 2.85. The molecule has 0 aromatic rings. The lowest BCUT2D eigenvalue weighted by Crippen LogP contribution is -2.04. The molecule has 0 saturated carbocycles. The largest absolute Gasteiger partial charge is 0.295 e. The van der Waals surface area contributed by atoms with Gasteiger partial charge in [-0.15, -0.1) is 0 Å². The molecule has 11 heavy (non-hydrogen) atoms. The van der Waals surface area contributed by atoms with Crippen LogP contribution in [0, 0.1) is 5.92 Å². The van der Waals surface area contributed by atoms with Crippen LogP contribution in [-0.4, -0.2) is 5.78 Å². The molecule has 0 aromatic heterocycles. The summed E-state index contributed by atoms with van der Waals surface area (Å²) in [6, 6.07) is 0. The Hall–Kier alpha value is -0.850. The van der Waals surface area contributed by atoms with Gasteiger partial charge in [-0.3, -0.25) is 4.79 Å². The second kappa shape index (κ2) is 4.12. The average Bonchev–Trinajstić information content (AvgIpc) is 2.37. The van der Waals surface area contributed by atoms with Gasteiger partial charge < -0.3 is 0 Å². The smallest absolute Gasteiger partial charge is 0.159 e. The van der Waals surface area contributed by atoms with Crippen LogP contribution in [0.25, 0.3) is 0 Å². The van der Waals surface area contributed by atoms with Crippen LogP contribution in [0.2, 0.25) is 0 Å². The summed E-state index contributed by atoms with van der Waals surface area (Å²) in [5.74, 6) is 0.545. The maximum atomic E-state index is 11.0. The van der Waals surface area contributed by atoms with Crippen molar-refractivity contribution in [3.05, 3.63) is 24.3 Å². The molecule has 60 valence electrons. The van der Waals surface area contributed by atoms with Crippen LogP contribution in [0.3, 0.4) is 0 Å². The Labute approximate surface area is 67.8 Å². The minimum absolute atomic E-state index is 0.248. The lowest BCUT2D eigenvalue weighted by atomic mass is 10.0. The molecule has 0 amide bonds. The number of carbonyl (C=O) groups is 1. The molecule has 1 heteroatoms. The minimum Gasteiger partial charge on any atom is -0.295 e. The third-order valence-corrected chi connectivity index (χ3v) is 1.93. The molecule has 0 fully saturated rings. The number of allylic oxidation sites excluding steroid dienone is 4. The summed E-state index contributed by atoms with van der Waals surface area (Å²) in [6.45, 7) is 2.10. The fourth-order valence-corrected chi connectivity index (χ4v) is 1.24. The molecule has 0 heterocycles. The Balaban J connectivity index is 2.28. The van der Waals surface area contributed by atoms with Crippen molar-refractivity contribution in [2.24, 2.45) is 5.92 Å². The van der Waals surface area contributed by atoms with E-state index in [1.165, 1.54) is 0 Å². The number of carbonyl (C=O) groups excluding carboxylic acids is 1. The molecule has 1 aliphatic carbocycles. The summed E-state index contributed by atoms with van der Waals surface area (Å²) in [5, 5.41) is 0. The average molecular weight is 150 g/mol. The second-order valence-corrected chi connectivity index (χ2v) is 2.85. The summed E-state index contributed by atoms with van der Waals surface area (Å²) in [7, 11) is 0. The number of hydrogen-bond acceptors (Lipinski definition) is 1. The van der Waals surface area contributed by atoms with E-state index >= 15 is 0 Å². The van der Waals surface area contributed by atoms with Crippen molar-refractivity contribution in [1.82, 2.24) is 0 Å². The van der Waals surface area contributed by atoms with E-state index in [9.17, 15) is 4.79 Å². The predicted octanol–water partition coefficient (Wildman–Crippen LogP) is 2.49. The number of rotatable bonds is 3. The highest BCUT2D eigenvalue weighted by atomic mass is 16.1. The SMILES string of the molecule is CCC=CCC1CC=CC1=O. The molecule has 0 N–H and O–H groups in total. The molecule has 1 unspecified atom stereocenters. The van der Waals surface area contributed by atoms with Gasteiger partial charge in [0.15, 0.2) is 5.78 Å². The summed E-state index contributed by atoms with van der Waals surface area (Å²) in [6.07, 6.45) is 10.8. The fourth-order valence-electron chi connectivity index (χ4n) is 1.24. The van der Waals surface area contributed by atoms with Crippen LogP contribution in [-0.2, 0) is 4.79 Å². The van der Waals surface area contributed by atoms with Crippen molar-refractivity contribution in [2.75, 3.05) is 0 Å². The molecule has 0 aliphatic heterocycles. The number of ketones is 1. The van der Waals surface area contributed by atoms with Gasteiger partial charge in [-0.2, -0.15) is 0 Å². The minimum atomic E-state index is 0.248. The molecular formula is C10H14O. The molecule has 0 saturated heterocycles. The van der Waals surface area contributed by atoms with Crippen LogP contribution in [0.4, 0.5) is 0 Å². The molecule has 0 radical (unpaired) electrons. The Morgan fingerprint density at radius 1 is 1.64 bits per heavy atom. The van der Waals surface area contributed by atoms with E-state index < -0.39 is 0 Å². The quantitative estimate of drug-likeness (QED) is 0.565. The summed E-state index contributed by atoms with van der Waals surface area (Å²) in [5.41, 5.74) is 0. The first-order valence-electron chi connectivity index (χ1n) is 4.20. The van der Waals surface area contributed by atoms with E-state index in [0.29, 0.717) is 5.78 Å². The van der Waals surface area contributed by atoms with Crippen LogP contribution < -0.4 is 0 Å². The summed E-state index contributed by atoms with van der Waals surface area (Å²) in [4.78, 5) is 11.0. The maximum Gasteiger partial charge on any atom is 0.159 e. The summed E-state index contributed by atoms with van der Waals surface area (Å²) >= 11 is 0. The summed E-state index contributed by atoms with van der Waals surface area (Å²) < 4.78 is 0. The highest BCUT2D eigenvalue weighted by Gasteiger charge is 2.17. The van der Waals surface area contributed by atoms with E-state index in [4.69, 9.17) is 0 Å². The lowest BCUT2D eigenvalue weighted by Gasteiger charge is -2.01. The van der Waals surface area contributed by atoms with Gasteiger partial charge in [0.2, 0.25) is 0 Å². The van der Waals surface area contributed by atoms with Gasteiger partial charge >= 0.3 is 0 Å². The lowest BCUT2D eigenvalue weighted by molar-refractivity contribution is -0.117. The van der Waals surface area contributed by atoms with Gasteiger partial charge in [0, 0.05) is 5.92 Å². The fraction of sp³-hybridized carbons (Fsp3) is 0.500. The van der Waals surface area contributed by atoms with E-state index in [1.807, 2.05) is 6.08 Å². The van der Waals surface area contributed by atoms with E-state index in [2.05, 4.69) is 19.1 Å². The highest BCUT2D eigenvalue weighted by Crippen LogP contribution is 2.18.